The summed E-state index contributed by atoms with van der Waals surface area (Å²) in [6, 6.07) is 4.76. The number of aromatic nitrogens is 1. The molecule has 1 aromatic rings. The molecule has 2 N–H and O–H groups in total. The average Bonchev–Trinajstić information content (AvgIpc) is 2.39. The van der Waals surface area contributed by atoms with Gasteiger partial charge in [-0.15, -0.1) is 0 Å². The molecule has 1 atom stereocenters. The maximum atomic E-state index is 5.75. The van der Waals surface area contributed by atoms with Crippen LogP contribution in [0.15, 0.2) is 18.3 Å². The van der Waals surface area contributed by atoms with Gasteiger partial charge in [-0.1, -0.05) is 6.92 Å². The zero-order chi connectivity index (χ0) is 12.3. The zero-order valence-electron chi connectivity index (χ0n) is 10.8. The van der Waals surface area contributed by atoms with E-state index in [1.54, 1.807) is 0 Å². The molecule has 1 saturated heterocycles. The Labute approximate surface area is 103 Å². The van der Waals surface area contributed by atoms with Crippen LogP contribution in [0.3, 0.4) is 0 Å². The number of anilines is 1. The van der Waals surface area contributed by atoms with Crippen molar-refractivity contribution >= 4 is 5.69 Å². The highest BCUT2D eigenvalue weighted by Crippen LogP contribution is 2.22. The molecule has 4 heteroatoms. The minimum atomic E-state index is 0.513. The molecule has 0 aliphatic carbocycles. The number of rotatable bonds is 3. The summed E-state index contributed by atoms with van der Waals surface area (Å²) in [7, 11) is 2.21. The summed E-state index contributed by atoms with van der Waals surface area (Å²) in [5.74, 6) is 0. The van der Waals surface area contributed by atoms with Gasteiger partial charge in [-0.2, -0.15) is 0 Å². The van der Waals surface area contributed by atoms with Crippen LogP contribution in [0.5, 0.6) is 0 Å². The lowest BCUT2D eigenvalue weighted by molar-refractivity contribution is 0.213. The molecule has 0 amide bonds. The minimum Gasteiger partial charge on any atom is -0.367 e. The first-order chi connectivity index (χ1) is 8.26. The normalized spacial score (nSPS) is 21.8. The summed E-state index contributed by atoms with van der Waals surface area (Å²) in [4.78, 5) is 9.22. The summed E-state index contributed by atoms with van der Waals surface area (Å²) < 4.78 is 0. The van der Waals surface area contributed by atoms with Gasteiger partial charge in [-0.05, 0) is 25.6 Å². The van der Waals surface area contributed by atoms with Gasteiger partial charge in [0.2, 0.25) is 0 Å². The van der Waals surface area contributed by atoms with Crippen molar-refractivity contribution in [3.63, 3.8) is 0 Å². The van der Waals surface area contributed by atoms with Crippen molar-refractivity contribution in [3.05, 3.63) is 24.0 Å². The first-order valence-corrected chi connectivity index (χ1v) is 6.35. The first kappa shape index (κ1) is 12.3. The zero-order valence-corrected chi connectivity index (χ0v) is 10.8. The molecular formula is C13H22N4. The van der Waals surface area contributed by atoms with E-state index in [1.165, 1.54) is 12.1 Å². The van der Waals surface area contributed by atoms with Gasteiger partial charge >= 0.3 is 0 Å². The molecule has 0 saturated carbocycles. The summed E-state index contributed by atoms with van der Waals surface area (Å²) in [5, 5.41) is 0. The Bertz CT molecular complexity index is 366. The Morgan fingerprint density at radius 1 is 1.47 bits per heavy atom. The molecule has 1 unspecified atom stereocenters. The lowest BCUT2D eigenvalue weighted by Gasteiger charge is -2.40. The van der Waals surface area contributed by atoms with Gasteiger partial charge in [0.05, 0.1) is 11.4 Å². The summed E-state index contributed by atoms with van der Waals surface area (Å²) in [5.41, 5.74) is 7.97. The monoisotopic (exact) mass is 234 g/mol. The summed E-state index contributed by atoms with van der Waals surface area (Å²) in [6.07, 6.45) is 3.00. The van der Waals surface area contributed by atoms with Crippen molar-refractivity contribution in [2.75, 3.05) is 31.6 Å². The molecule has 17 heavy (non-hydrogen) atoms. The van der Waals surface area contributed by atoms with Crippen molar-refractivity contribution in [2.24, 2.45) is 5.73 Å². The smallest absolute Gasteiger partial charge is 0.0772 e. The van der Waals surface area contributed by atoms with Crippen molar-refractivity contribution in [1.82, 2.24) is 9.88 Å². The molecule has 1 fully saturated rings. The fourth-order valence-electron chi connectivity index (χ4n) is 2.48. The van der Waals surface area contributed by atoms with E-state index in [0.29, 0.717) is 12.6 Å². The van der Waals surface area contributed by atoms with Gasteiger partial charge in [0, 0.05) is 38.4 Å². The molecule has 94 valence electrons. The van der Waals surface area contributed by atoms with Gasteiger partial charge in [0.15, 0.2) is 0 Å². The van der Waals surface area contributed by atoms with E-state index in [0.717, 1.165) is 25.3 Å². The van der Waals surface area contributed by atoms with Crippen LogP contribution in [-0.2, 0) is 6.54 Å². The second-order valence-electron chi connectivity index (χ2n) is 4.66. The Kier molecular flexibility index (Phi) is 3.97. The van der Waals surface area contributed by atoms with Crippen LogP contribution < -0.4 is 10.6 Å². The number of likely N-dealkylation sites (N-methyl/N-ethyl adjacent to an activating group) is 1. The first-order valence-electron chi connectivity index (χ1n) is 6.35. The second kappa shape index (κ2) is 5.47. The van der Waals surface area contributed by atoms with E-state index >= 15 is 0 Å². The molecular weight excluding hydrogens is 212 g/mol. The van der Waals surface area contributed by atoms with Gasteiger partial charge in [-0.25, -0.2) is 0 Å². The molecule has 0 bridgehead atoms. The quantitative estimate of drug-likeness (QED) is 0.850. The van der Waals surface area contributed by atoms with Crippen molar-refractivity contribution < 1.29 is 0 Å². The van der Waals surface area contributed by atoms with E-state index in [1.807, 2.05) is 12.3 Å². The third-order valence-corrected chi connectivity index (χ3v) is 3.65. The molecule has 0 aromatic carbocycles. The maximum absolute atomic E-state index is 5.75. The SMILES string of the molecule is CCC1CN(c2cccnc2CN)CCN1C. The molecule has 2 rings (SSSR count). The Balaban J connectivity index is 2.17. The van der Waals surface area contributed by atoms with Crippen molar-refractivity contribution in [2.45, 2.75) is 25.9 Å². The molecule has 0 spiro atoms. The molecule has 1 aliphatic rings. The number of nitrogens with zero attached hydrogens (tertiary/aromatic N) is 3. The Morgan fingerprint density at radius 2 is 2.29 bits per heavy atom. The number of piperazine rings is 1. The maximum Gasteiger partial charge on any atom is 0.0772 e. The fraction of sp³-hybridized carbons (Fsp3) is 0.615. The lowest BCUT2D eigenvalue weighted by atomic mass is 10.1. The topological polar surface area (TPSA) is 45.4 Å². The van der Waals surface area contributed by atoms with Gasteiger partial charge in [0.1, 0.15) is 0 Å². The van der Waals surface area contributed by atoms with Crippen molar-refractivity contribution in [3.8, 4) is 0 Å². The van der Waals surface area contributed by atoms with Crippen LogP contribution >= 0.6 is 0 Å². The van der Waals surface area contributed by atoms with Crippen LogP contribution in [0, 0.1) is 0 Å². The predicted octanol–water partition coefficient (Wildman–Crippen LogP) is 1.07. The van der Waals surface area contributed by atoms with Crippen LogP contribution in [-0.4, -0.2) is 42.6 Å². The number of pyridine rings is 1. The largest absolute Gasteiger partial charge is 0.367 e. The van der Waals surface area contributed by atoms with Crippen LogP contribution in [0.25, 0.3) is 0 Å². The Morgan fingerprint density at radius 3 is 3.00 bits per heavy atom. The van der Waals surface area contributed by atoms with Gasteiger partial charge < -0.3 is 10.6 Å². The third kappa shape index (κ3) is 2.58. The van der Waals surface area contributed by atoms with E-state index < -0.39 is 0 Å². The van der Waals surface area contributed by atoms with Crippen LogP contribution in [0.4, 0.5) is 5.69 Å². The van der Waals surface area contributed by atoms with Gasteiger partial charge in [-0.3, -0.25) is 9.88 Å². The molecule has 2 heterocycles. The average molecular weight is 234 g/mol. The van der Waals surface area contributed by atoms with E-state index in [4.69, 9.17) is 5.73 Å². The van der Waals surface area contributed by atoms with E-state index in [-0.39, 0.29) is 0 Å². The molecule has 1 aromatic heterocycles. The highest BCUT2D eigenvalue weighted by molar-refractivity contribution is 5.51. The highest BCUT2D eigenvalue weighted by Gasteiger charge is 2.24. The number of nitrogens with two attached hydrogens (primary N) is 1. The second-order valence-corrected chi connectivity index (χ2v) is 4.66. The summed E-state index contributed by atoms with van der Waals surface area (Å²) >= 11 is 0. The minimum absolute atomic E-state index is 0.513. The van der Waals surface area contributed by atoms with Gasteiger partial charge in [0.25, 0.3) is 0 Å². The fourth-order valence-corrected chi connectivity index (χ4v) is 2.48. The predicted molar refractivity (Wildman–Crippen MR) is 71.1 cm³/mol. The van der Waals surface area contributed by atoms with Crippen LogP contribution in [0.2, 0.25) is 0 Å². The number of hydrogen-bond acceptors (Lipinski definition) is 4. The number of hydrogen-bond donors (Lipinski definition) is 1. The molecule has 0 radical (unpaired) electrons. The lowest BCUT2D eigenvalue weighted by Crippen LogP contribution is -2.51. The molecule has 1 aliphatic heterocycles. The standard InChI is InChI=1S/C13H22N4/c1-3-11-10-17(8-7-16(11)2)13-5-4-6-15-12(13)9-14/h4-6,11H,3,7-10,14H2,1-2H3. The molecule has 4 nitrogen and oxygen atoms in total. The van der Waals surface area contributed by atoms with E-state index in [9.17, 15) is 0 Å². The Hall–Kier alpha value is -1.13. The summed E-state index contributed by atoms with van der Waals surface area (Å²) in [6.45, 7) is 6.01. The van der Waals surface area contributed by atoms with Crippen LogP contribution in [0.1, 0.15) is 19.0 Å². The third-order valence-electron chi connectivity index (χ3n) is 3.65. The van der Waals surface area contributed by atoms with E-state index in [2.05, 4.69) is 34.8 Å². The van der Waals surface area contributed by atoms with Crippen molar-refractivity contribution in [1.29, 1.82) is 0 Å². The highest BCUT2D eigenvalue weighted by atomic mass is 15.3.